The van der Waals surface area contributed by atoms with Crippen molar-refractivity contribution in [2.45, 2.75) is 37.1 Å². The second-order valence-electron chi connectivity index (χ2n) is 8.26. The van der Waals surface area contributed by atoms with Crippen LogP contribution in [0.25, 0.3) is 11.3 Å². The lowest BCUT2D eigenvalue weighted by Gasteiger charge is -2.17. The number of aromatic nitrogens is 2. The van der Waals surface area contributed by atoms with Crippen molar-refractivity contribution < 1.29 is 14.8 Å². The Bertz CT molecular complexity index is 970. The molecule has 160 valence electrons. The quantitative estimate of drug-likeness (QED) is 0.550. The second-order valence-corrected chi connectivity index (χ2v) is 8.26. The minimum atomic E-state index is 0.0411. The second kappa shape index (κ2) is 9.56. The van der Waals surface area contributed by atoms with Crippen molar-refractivity contribution in [1.82, 2.24) is 9.97 Å². The zero-order chi connectivity index (χ0) is 20.9. The Morgan fingerprint density at radius 3 is 2.52 bits per heavy atom. The smallest absolute Gasteiger partial charge is 0.223 e. The number of benzene rings is 2. The van der Waals surface area contributed by atoms with Crippen LogP contribution in [-0.2, 0) is 15.9 Å². The van der Waals surface area contributed by atoms with E-state index in [0.717, 1.165) is 37.3 Å². The van der Waals surface area contributed by atoms with E-state index in [4.69, 9.17) is 9.47 Å². The van der Waals surface area contributed by atoms with Gasteiger partial charge in [0.05, 0.1) is 24.9 Å². The van der Waals surface area contributed by atoms with Gasteiger partial charge in [-0.2, -0.15) is 0 Å². The van der Waals surface area contributed by atoms with Gasteiger partial charge in [-0.3, -0.25) is 0 Å². The van der Waals surface area contributed by atoms with E-state index >= 15 is 0 Å². The molecule has 0 saturated carbocycles. The van der Waals surface area contributed by atoms with Crippen molar-refractivity contribution in [3.63, 3.8) is 0 Å². The highest BCUT2D eigenvalue weighted by Gasteiger charge is 2.49. The summed E-state index contributed by atoms with van der Waals surface area (Å²) in [6.07, 6.45) is 4.22. The molecule has 31 heavy (non-hydrogen) atoms. The van der Waals surface area contributed by atoms with Gasteiger partial charge in [-0.1, -0.05) is 60.7 Å². The van der Waals surface area contributed by atoms with Crippen LogP contribution in [0.5, 0.6) is 0 Å². The molecule has 2 aliphatic heterocycles. The maximum atomic E-state index is 6.13. The molecular formula is C25H29N4O2+. The summed E-state index contributed by atoms with van der Waals surface area (Å²) in [6, 6.07) is 23.2. The fourth-order valence-electron chi connectivity index (χ4n) is 4.50. The number of nitrogens with two attached hydrogens (primary N) is 1. The molecule has 2 aliphatic rings. The standard InChI is InChI=1S/C25H28N4O2/c1-3-8-18(9-4-1)10-7-14-26-21-16-30-24-22(17-31-23(21)24)29-25-27-15-13-20(28-25)19-11-5-2-6-12-19/h1-6,8-9,11-13,15,21-24,26H,7,10,14,16-17H2,(H,27,28,29)/p+1/t21-,22-,23+,24+/m0/s1. The number of rotatable bonds is 8. The molecule has 2 aromatic carbocycles. The van der Waals surface area contributed by atoms with E-state index in [1.807, 2.05) is 24.3 Å². The molecule has 3 N–H and O–H groups in total. The predicted molar refractivity (Wildman–Crippen MR) is 120 cm³/mol. The Hall–Kier alpha value is -2.80. The molecule has 2 fully saturated rings. The van der Waals surface area contributed by atoms with Gasteiger partial charge in [0.2, 0.25) is 5.95 Å². The molecule has 0 unspecified atom stereocenters. The minimum absolute atomic E-state index is 0.0411. The largest absolute Gasteiger partial charge is 0.367 e. The van der Waals surface area contributed by atoms with Crippen LogP contribution in [0, 0.1) is 0 Å². The fourth-order valence-corrected chi connectivity index (χ4v) is 4.50. The lowest BCUT2D eigenvalue weighted by Crippen LogP contribution is -2.92. The highest BCUT2D eigenvalue weighted by atomic mass is 16.6. The third-order valence-corrected chi connectivity index (χ3v) is 6.11. The van der Waals surface area contributed by atoms with Gasteiger partial charge in [0.1, 0.15) is 24.9 Å². The minimum Gasteiger partial charge on any atom is -0.367 e. The summed E-state index contributed by atoms with van der Waals surface area (Å²) in [5.41, 5.74) is 3.39. The van der Waals surface area contributed by atoms with Gasteiger partial charge in [0.15, 0.2) is 0 Å². The van der Waals surface area contributed by atoms with Gasteiger partial charge in [-0.25, -0.2) is 9.97 Å². The molecule has 2 saturated heterocycles. The maximum Gasteiger partial charge on any atom is 0.223 e. The van der Waals surface area contributed by atoms with E-state index in [2.05, 4.69) is 63.1 Å². The van der Waals surface area contributed by atoms with Crippen molar-refractivity contribution in [3.8, 4) is 11.3 Å². The van der Waals surface area contributed by atoms with Crippen LogP contribution in [0.15, 0.2) is 72.9 Å². The number of nitrogens with zero attached hydrogens (tertiary/aromatic N) is 2. The first-order chi connectivity index (χ1) is 15.4. The lowest BCUT2D eigenvalue weighted by molar-refractivity contribution is -0.693. The molecule has 0 amide bonds. The molecule has 4 atom stereocenters. The molecule has 6 heteroatoms. The van der Waals surface area contributed by atoms with Crippen LogP contribution in [0.1, 0.15) is 12.0 Å². The normalized spacial score (nSPS) is 24.8. The van der Waals surface area contributed by atoms with Crippen molar-refractivity contribution in [3.05, 3.63) is 78.5 Å². The number of aryl methyl sites for hydroxylation is 1. The van der Waals surface area contributed by atoms with Crippen molar-refractivity contribution in [2.24, 2.45) is 0 Å². The fraction of sp³-hybridized carbons (Fsp3) is 0.360. The summed E-state index contributed by atoms with van der Waals surface area (Å²) in [6.45, 7) is 2.42. The van der Waals surface area contributed by atoms with E-state index in [1.54, 1.807) is 6.20 Å². The van der Waals surface area contributed by atoms with Crippen molar-refractivity contribution in [1.29, 1.82) is 0 Å². The SMILES string of the molecule is c1ccc(CCC[NH2+][C@H]2CO[C@H]3[C@@H]2OC[C@@H]3Nc2nccc(-c3ccccc3)n2)cc1. The Morgan fingerprint density at radius 1 is 0.903 bits per heavy atom. The number of ether oxygens (including phenoxy) is 2. The lowest BCUT2D eigenvalue weighted by atomic mass is 10.1. The monoisotopic (exact) mass is 417 g/mol. The van der Waals surface area contributed by atoms with E-state index in [0.29, 0.717) is 18.6 Å². The summed E-state index contributed by atoms with van der Waals surface area (Å²) < 4.78 is 12.3. The van der Waals surface area contributed by atoms with E-state index < -0.39 is 0 Å². The summed E-state index contributed by atoms with van der Waals surface area (Å²) in [5, 5.41) is 5.84. The maximum absolute atomic E-state index is 6.13. The highest BCUT2D eigenvalue weighted by molar-refractivity contribution is 5.59. The first kappa shape index (κ1) is 20.1. The molecule has 3 aromatic rings. The van der Waals surface area contributed by atoms with Crippen LogP contribution in [0.4, 0.5) is 5.95 Å². The van der Waals surface area contributed by atoms with Gasteiger partial charge < -0.3 is 20.1 Å². The summed E-state index contributed by atoms with van der Waals surface area (Å²) >= 11 is 0. The van der Waals surface area contributed by atoms with E-state index in [-0.39, 0.29) is 18.2 Å². The number of hydrogen-bond acceptors (Lipinski definition) is 5. The summed E-state index contributed by atoms with van der Waals surface area (Å²) in [5.74, 6) is 0.620. The average molecular weight is 418 g/mol. The molecule has 0 aliphatic carbocycles. The number of nitrogens with one attached hydrogen (secondary N) is 1. The number of quaternary nitrogens is 1. The van der Waals surface area contributed by atoms with Gasteiger partial charge >= 0.3 is 0 Å². The highest BCUT2D eigenvalue weighted by Crippen LogP contribution is 2.27. The number of fused-ring (bicyclic) bond motifs is 1. The molecule has 0 radical (unpaired) electrons. The number of anilines is 1. The van der Waals surface area contributed by atoms with Crippen LogP contribution in [-0.4, -0.2) is 54.0 Å². The van der Waals surface area contributed by atoms with Gasteiger partial charge in [-0.15, -0.1) is 0 Å². The topological polar surface area (TPSA) is 72.9 Å². The zero-order valence-electron chi connectivity index (χ0n) is 17.6. The van der Waals surface area contributed by atoms with Crippen LogP contribution >= 0.6 is 0 Å². The third kappa shape index (κ3) is 4.77. The summed E-state index contributed by atoms with van der Waals surface area (Å²) in [7, 11) is 0. The van der Waals surface area contributed by atoms with Crippen LogP contribution < -0.4 is 10.6 Å². The third-order valence-electron chi connectivity index (χ3n) is 6.11. The Morgan fingerprint density at radius 2 is 1.68 bits per heavy atom. The Kier molecular flexibility index (Phi) is 6.20. The molecule has 6 nitrogen and oxygen atoms in total. The van der Waals surface area contributed by atoms with Crippen LogP contribution in [0.3, 0.4) is 0 Å². The molecule has 5 rings (SSSR count). The molecule has 0 spiro atoms. The number of hydrogen-bond donors (Lipinski definition) is 2. The molecular weight excluding hydrogens is 388 g/mol. The first-order valence-electron chi connectivity index (χ1n) is 11.1. The van der Waals surface area contributed by atoms with E-state index in [9.17, 15) is 0 Å². The van der Waals surface area contributed by atoms with Gasteiger partial charge in [0, 0.05) is 18.2 Å². The van der Waals surface area contributed by atoms with Crippen LogP contribution in [0.2, 0.25) is 0 Å². The van der Waals surface area contributed by atoms with Crippen molar-refractivity contribution in [2.75, 3.05) is 25.1 Å². The first-order valence-corrected chi connectivity index (χ1v) is 11.1. The summed E-state index contributed by atoms with van der Waals surface area (Å²) in [4.78, 5) is 9.10. The molecule has 1 aromatic heterocycles. The predicted octanol–water partition coefficient (Wildman–Crippen LogP) is 2.29. The average Bonchev–Trinajstić information content (AvgIpc) is 3.41. The zero-order valence-corrected chi connectivity index (χ0v) is 17.6. The molecule has 3 heterocycles. The van der Waals surface area contributed by atoms with Gasteiger partial charge in [0.25, 0.3) is 0 Å². The Labute approximate surface area is 183 Å². The van der Waals surface area contributed by atoms with E-state index in [1.165, 1.54) is 5.56 Å². The molecule has 0 bridgehead atoms. The van der Waals surface area contributed by atoms with Crippen molar-refractivity contribution >= 4 is 5.95 Å². The van der Waals surface area contributed by atoms with Gasteiger partial charge in [-0.05, 0) is 18.1 Å². The Balaban J connectivity index is 1.14.